The van der Waals surface area contributed by atoms with Crippen LogP contribution >= 0.6 is 0 Å². The number of likely N-dealkylation sites (tertiary alicyclic amines) is 1. The molecule has 0 radical (unpaired) electrons. The maximum absolute atomic E-state index is 12.7. The minimum atomic E-state index is -0.286. The van der Waals surface area contributed by atoms with Gasteiger partial charge >= 0.3 is 6.03 Å². The van der Waals surface area contributed by atoms with E-state index in [9.17, 15) is 9.18 Å². The number of nitrogens with zero attached hydrogens (tertiary/aromatic N) is 2. The molecule has 0 spiro atoms. The lowest BCUT2D eigenvalue weighted by molar-refractivity contribution is 0.217. The predicted molar refractivity (Wildman–Crippen MR) is 61.0 cm³/mol. The molecule has 16 heavy (non-hydrogen) atoms. The maximum atomic E-state index is 12.7. The molecule has 1 aliphatic heterocycles. The Morgan fingerprint density at radius 3 is 2.38 bits per heavy atom. The monoisotopic (exact) mass is 222 g/mol. The lowest BCUT2D eigenvalue weighted by atomic mass is 10.3. The molecule has 1 saturated heterocycles. The molecular weight excluding hydrogens is 207 g/mol. The zero-order chi connectivity index (χ0) is 11.5. The molecule has 2 amide bonds. The summed E-state index contributed by atoms with van der Waals surface area (Å²) in [6.07, 6.45) is 2.14. The molecule has 0 aliphatic carbocycles. The fraction of sp³-hybridized carbons (Fsp3) is 0.417. The smallest absolute Gasteiger partial charge is 0.324 e. The summed E-state index contributed by atoms with van der Waals surface area (Å²) in [5.41, 5.74) is 0.721. The summed E-state index contributed by atoms with van der Waals surface area (Å²) in [4.78, 5) is 15.4. The molecule has 0 saturated carbocycles. The first-order valence-electron chi connectivity index (χ1n) is 5.46. The fourth-order valence-corrected chi connectivity index (χ4v) is 1.90. The van der Waals surface area contributed by atoms with Crippen LogP contribution in [0.25, 0.3) is 0 Å². The Labute approximate surface area is 94.5 Å². The second-order valence-corrected chi connectivity index (χ2v) is 4.01. The number of benzene rings is 1. The van der Waals surface area contributed by atoms with Gasteiger partial charge in [0.15, 0.2) is 0 Å². The average Bonchev–Trinajstić information content (AvgIpc) is 2.81. The third-order valence-corrected chi connectivity index (χ3v) is 2.88. The van der Waals surface area contributed by atoms with Crippen LogP contribution in [0.5, 0.6) is 0 Å². The van der Waals surface area contributed by atoms with Crippen molar-refractivity contribution in [3.8, 4) is 0 Å². The van der Waals surface area contributed by atoms with Crippen LogP contribution in [0.4, 0.5) is 14.9 Å². The number of urea groups is 1. The quantitative estimate of drug-likeness (QED) is 0.716. The van der Waals surface area contributed by atoms with Crippen LogP contribution in [0, 0.1) is 5.82 Å². The summed E-state index contributed by atoms with van der Waals surface area (Å²) in [7, 11) is 1.72. The third kappa shape index (κ3) is 2.15. The van der Waals surface area contributed by atoms with Crippen LogP contribution < -0.4 is 4.90 Å². The summed E-state index contributed by atoms with van der Waals surface area (Å²) >= 11 is 0. The lowest BCUT2D eigenvalue weighted by Crippen LogP contribution is -2.39. The van der Waals surface area contributed by atoms with Gasteiger partial charge in [-0.2, -0.15) is 0 Å². The first-order valence-corrected chi connectivity index (χ1v) is 5.46. The van der Waals surface area contributed by atoms with Gasteiger partial charge in [0.25, 0.3) is 0 Å². The number of amides is 2. The van der Waals surface area contributed by atoms with Crippen molar-refractivity contribution in [2.75, 3.05) is 25.0 Å². The molecule has 1 aliphatic rings. The van der Waals surface area contributed by atoms with E-state index < -0.39 is 0 Å². The molecule has 0 unspecified atom stereocenters. The Bertz CT molecular complexity index is 371. The van der Waals surface area contributed by atoms with Crippen LogP contribution in [0.2, 0.25) is 0 Å². The largest absolute Gasteiger partial charge is 0.324 e. The van der Waals surface area contributed by atoms with E-state index in [0.717, 1.165) is 31.6 Å². The second-order valence-electron chi connectivity index (χ2n) is 4.01. The molecule has 1 heterocycles. The number of hydrogen-bond acceptors (Lipinski definition) is 1. The van der Waals surface area contributed by atoms with Gasteiger partial charge in [-0.3, -0.25) is 4.90 Å². The van der Waals surface area contributed by atoms with Gasteiger partial charge in [-0.1, -0.05) is 0 Å². The highest BCUT2D eigenvalue weighted by Crippen LogP contribution is 2.17. The summed E-state index contributed by atoms with van der Waals surface area (Å²) in [5.74, 6) is -0.286. The van der Waals surface area contributed by atoms with Gasteiger partial charge in [-0.25, -0.2) is 9.18 Å². The summed E-state index contributed by atoms with van der Waals surface area (Å²) < 4.78 is 12.7. The van der Waals surface area contributed by atoms with E-state index >= 15 is 0 Å². The van der Waals surface area contributed by atoms with E-state index in [2.05, 4.69) is 0 Å². The van der Waals surface area contributed by atoms with E-state index in [1.165, 1.54) is 12.1 Å². The standard InChI is InChI=1S/C12H15FN2O/c1-14(11-6-4-10(13)5-7-11)12(16)15-8-2-3-9-15/h4-7H,2-3,8-9H2,1H3. The predicted octanol–water partition coefficient (Wildman–Crippen LogP) is 2.48. The molecule has 1 aromatic rings. The van der Waals surface area contributed by atoms with E-state index in [0.29, 0.717) is 0 Å². The highest BCUT2D eigenvalue weighted by molar-refractivity contribution is 5.91. The second kappa shape index (κ2) is 4.51. The number of rotatable bonds is 1. The van der Waals surface area contributed by atoms with E-state index in [-0.39, 0.29) is 11.8 Å². The van der Waals surface area contributed by atoms with Crippen LogP contribution in [0.15, 0.2) is 24.3 Å². The first kappa shape index (κ1) is 10.9. The number of anilines is 1. The van der Waals surface area contributed by atoms with Crippen LogP contribution in [-0.2, 0) is 0 Å². The van der Waals surface area contributed by atoms with Gasteiger partial charge in [0.1, 0.15) is 5.82 Å². The molecule has 0 aromatic heterocycles. The van der Waals surface area contributed by atoms with Crippen LogP contribution in [0.1, 0.15) is 12.8 Å². The number of carbonyl (C=O) groups excluding carboxylic acids is 1. The van der Waals surface area contributed by atoms with Crippen molar-refractivity contribution in [1.29, 1.82) is 0 Å². The molecule has 2 rings (SSSR count). The SMILES string of the molecule is CN(C(=O)N1CCCC1)c1ccc(F)cc1. The van der Waals surface area contributed by atoms with Crippen molar-refractivity contribution >= 4 is 11.7 Å². The molecule has 0 N–H and O–H groups in total. The van der Waals surface area contributed by atoms with E-state index in [4.69, 9.17) is 0 Å². The molecule has 1 aromatic carbocycles. The zero-order valence-corrected chi connectivity index (χ0v) is 9.32. The number of halogens is 1. The van der Waals surface area contributed by atoms with Gasteiger partial charge in [-0.15, -0.1) is 0 Å². The van der Waals surface area contributed by atoms with Gasteiger partial charge in [0.2, 0.25) is 0 Å². The fourth-order valence-electron chi connectivity index (χ4n) is 1.90. The van der Waals surface area contributed by atoms with Crippen molar-refractivity contribution in [2.45, 2.75) is 12.8 Å². The Morgan fingerprint density at radius 1 is 1.25 bits per heavy atom. The van der Waals surface area contributed by atoms with Crippen molar-refractivity contribution < 1.29 is 9.18 Å². The van der Waals surface area contributed by atoms with Crippen molar-refractivity contribution in [1.82, 2.24) is 4.90 Å². The molecule has 0 bridgehead atoms. The Morgan fingerprint density at radius 2 is 1.81 bits per heavy atom. The Balaban J connectivity index is 2.08. The van der Waals surface area contributed by atoms with Gasteiger partial charge in [0.05, 0.1) is 0 Å². The maximum Gasteiger partial charge on any atom is 0.324 e. The van der Waals surface area contributed by atoms with Crippen LogP contribution in [-0.4, -0.2) is 31.1 Å². The zero-order valence-electron chi connectivity index (χ0n) is 9.32. The van der Waals surface area contributed by atoms with Gasteiger partial charge in [-0.05, 0) is 37.1 Å². The highest BCUT2D eigenvalue weighted by atomic mass is 19.1. The van der Waals surface area contributed by atoms with Crippen molar-refractivity contribution in [3.05, 3.63) is 30.1 Å². The molecule has 86 valence electrons. The lowest BCUT2D eigenvalue weighted by Gasteiger charge is -2.24. The molecule has 3 nitrogen and oxygen atoms in total. The summed E-state index contributed by atoms with van der Waals surface area (Å²) in [6, 6.07) is 5.95. The normalized spacial score (nSPS) is 15.2. The van der Waals surface area contributed by atoms with Gasteiger partial charge < -0.3 is 4.90 Å². The topological polar surface area (TPSA) is 23.6 Å². The molecule has 4 heteroatoms. The van der Waals surface area contributed by atoms with Crippen molar-refractivity contribution in [2.24, 2.45) is 0 Å². The number of hydrogen-bond donors (Lipinski definition) is 0. The summed E-state index contributed by atoms with van der Waals surface area (Å²) in [6.45, 7) is 1.65. The van der Waals surface area contributed by atoms with Crippen molar-refractivity contribution in [3.63, 3.8) is 0 Å². The summed E-state index contributed by atoms with van der Waals surface area (Å²) in [5, 5.41) is 0. The molecule has 0 atom stereocenters. The third-order valence-electron chi connectivity index (χ3n) is 2.88. The minimum Gasteiger partial charge on any atom is -0.324 e. The molecule has 1 fully saturated rings. The highest BCUT2D eigenvalue weighted by Gasteiger charge is 2.21. The first-order chi connectivity index (χ1) is 7.68. The van der Waals surface area contributed by atoms with E-state index in [1.54, 1.807) is 24.1 Å². The van der Waals surface area contributed by atoms with Crippen LogP contribution in [0.3, 0.4) is 0 Å². The minimum absolute atomic E-state index is 0.0101. The van der Waals surface area contributed by atoms with E-state index in [1.807, 2.05) is 4.90 Å². The average molecular weight is 222 g/mol. The van der Waals surface area contributed by atoms with Gasteiger partial charge in [0, 0.05) is 25.8 Å². The number of carbonyl (C=O) groups is 1. The Kier molecular flexibility index (Phi) is 3.08. The Hall–Kier alpha value is -1.58. The molecular formula is C12H15FN2O.